The summed E-state index contributed by atoms with van der Waals surface area (Å²) in [6, 6.07) is 13.7. The molecule has 2 aromatic rings. The second-order valence-corrected chi connectivity index (χ2v) is 6.86. The average Bonchev–Trinajstić information content (AvgIpc) is 2.57. The van der Waals surface area contributed by atoms with Crippen molar-refractivity contribution in [2.45, 2.75) is 25.7 Å². The molecule has 0 fully saturated rings. The summed E-state index contributed by atoms with van der Waals surface area (Å²) >= 11 is 1.41. The van der Waals surface area contributed by atoms with Gasteiger partial charge in [0.15, 0.2) is 6.61 Å². The van der Waals surface area contributed by atoms with Gasteiger partial charge in [0.25, 0.3) is 5.91 Å². The second-order valence-electron chi connectivity index (χ2n) is 5.81. The molecule has 0 aromatic heterocycles. The van der Waals surface area contributed by atoms with Crippen LogP contribution in [-0.2, 0) is 9.59 Å². The number of hydrogen-bond acceptors (Lipinski definition) is 4. The third-order valence-electron chi connectivity index (χ3n) is 3.30. The molecule has 0 aliphatic heterocycles. The van der Waals surface area contributed by atoms with Crippen molar-refractivity contribution in [3.8, 4) is 5.75 Å². The van der Waals surface area contributed by atoms with Crippen LogP contribution in [0.5, 0.6) is 5.75 Å². The Kier molecular flexibility index (Phi) is 6.89. The zero-order valence-electron chi connectivity index (χ0n) is 14.6. The maximum absolute atomic E-state index is 11.8. The number of ether oxygens (including phenoxy) is 1. The van der Waals surface area contributed by atoms with E-state index in [0.717, 1.165) is 16.0 Å². The maximum Gasteiger partial charge on any atom is 0.276 e. The molecule has 2 N–H and O–H groups in total. The van der Waals surface area contributed by atoms with Gasteiger partial charge in [-0.25, -0.2) is 0 Å². The number of hydrogen-bond donors (Lipinski definition) is 2. The topological polar surface area (TPSA) is 67.4 Å². The Bertz CT molecular complexity index is 725. The summed E-state index contributed by atoms with van der Waals surface area (Å²) < 4.78 is 5.43. The molecule has 0 bridgehead atoms. The van der Waals surface area contributed by atoms with Gasteiger partial charge in [-0.2, -0.15) is 0 Å². The predicted molar refractivity (Wildman–Crippen MR) is 99.6 cm³/mol. The highest BCUT2D eigenvalue weighted by atomic mass is 32.2. The molecule has 0 heterocycles. The molecule has 132 valence electrons. The number of carbonyl (C=O) groups is 2. The third kappa shape index (κ3) is 6.89. The Balaban J connectivity index is 1.68. The van der Waals surface area contributed by atoms with Crippen LogP contribution in [0.15, 0.2) is 47.4 Å². The first-order chi connectivity index (χ1) is 11.9. The van der Waals surface area contributed by atoms with Crippen molar-refractivity contribution in [1.29, 1.82) is 0 Å². The van der Waals surface area contributed by atoms with Crippen LogP contribution in [-0.4, -0.2) is 24.2 Å². The first kappa shape index (κ1) is 18.9. The number of thioether (sulfide) groups is 1. The number of hydrazine groups is 1. The molecular formula is C19H22N2O3S. The molecule has 6 heteroatoms. The first-order valence-electron chi connectivity index (χ1n) is 7.90. The van der Waals surface area contributed by atoms with Gasteiger partial charge in [0, 0.05) is 4.90 Å². The number of rotatable bonds is 6. The summed E-state index contributed by atoms with van der Waals surface area (Å²) in [5.74, 6) is 0.174. The summed E-state index contributed by atoms with van der Waals surface area (Å²) in [7, 11) is 0. The Morgan fingerprint density at radius 2 is 1.48 bits per heavy atom. The lowest BCUT2D eigenvalue weighted by Gasteiger charge is -2.10. The normalized spacial score (nSPS) is 10.2. The lowest BCUT2D eigenvalue weighted by molar-refractivity contribution is -0.128. The van der Waals surface area contributed by atoms with Crippen LogP contribution < -0.4 is 15.6 Å². The highest BCUT2D eigenvalue weighted by Crippen LogP contribution is 2.18. The largest absolute Gasteiger partial charge is 0.484 e. The summed E-state index contributed by atoms with van der Waals surface area (Å²) in [4.78, 5) is 24.5. The smallest absolute Gasteiger partial charge is 0.276 e. The molecule has 0 saturated carbocycles. The molecule has 0 aliphatic carbocycles. The van der Waals surface area contributed by atoms with Crippen LogP contribution in [0.3, 0.4) is 0 Å². The van der Waals surface area contributed by atoms with Gasteiger partial charge in [-0.3, -0.25) is 20.4 Å². The van der Waals surface area contributed by atoms with Gasteiger partial charge in [-0.15, -0.1) is 11.8 Å². The summed E-state index contributed by atoms with van der Waals surface area (Å²) in [5, 5.41) is 0. The number of nitrogens with one attached hydrogen (secondary N) is 2. The first-order valence-corrected chi connectivity index (χ1v) is 8.89. The Morgan fingerprint density at radius 1 is 0.880 bits per heavy atom. The highest BCUT2D eigenvalue weighted by Gasteiger charge is 2.07. The van der Waals surface area contributed by atoms with E-state index in [-0.39, 0.29) is 18.3 Å². The molecule has 25 heavy (non-hydrogen) atoms. The van der Waals surface area contributed by atoms with E-state index in [0.29, 0.717) is 5.75 Å². The van der Waals surface area contributed by atoms with E-state index in [9.17, 15) is 9.59 Å². The number of carbonyl (C=O) groups excluding carboxylic acids is 2. The predicted octanol–water partition coefficient (Wildman–Crippen LogP) is 2.93. The molecule has 5 nitrogen and oxygen atoms in total. The van der Waals surface area contributed by atoms with E-state index in [4.69, 9.17) is 4.74 Å². The Hall–Kier alpha value is -2.47. The van der Waals surface area contributed by atoms with Crippen LogP contribution in [0.1, 0.15) is 16.7 Å². The fourth-order valence-corrected chi connectivity index (χ4v) is 2.86. The molecule has 0 atom stereocenters. The molecule has 0 unspecified atom stereocenters. The van der Waals surface area contributed by atoms with Gasteiger partial charge < -0.3 is 4.74 Å². The van der Waals surface area contributed by atoms with Crippen molar-refractivity contribution in [2.75, 3.05) is 12.4 Å². The third-order valence-corrected chi connectivity index (χ3v) is 4.31. The van der Waals surface area contributed by atoms with Crippen LogP contribution in [0, 0.1) is 20.8 Å². The molecule has 2 aromatic carbocycles. The highest BCUT2D eigenvalue weighted by molar-refractivity contribution is 8.00. The van der Waals surface area contributed by atoms with Crippen molar-refractivity contribution in [1.82, 2.24) is 10.9 Å². The summed E-state index contributed by atoms with van der Waals surface area (Å²) in [5.41, 5.74) is 8.04. The van der Waals surface area contributed by atoms with Crippen LogP contribution in [0.2, 0.25) is 0 Å². The van der Waals surface area contributed by atoms with Crippen molar-refractivity contribution in [3.05, 3.63) is 59.2 Å². The quantitative estimate of drug-likeness (QED) is 0.615. The minimum absolute atomic E-state index is 0.158. The van der Waals surface area contributed by atoms with Crippen LogP contribution >= 0.6 is 11.8 Å². The number of aryl methyl sites for hydroxylation is 3. The lowest BCUT2D eigenvalue weighted by atomic mass is 10.1. The van der Waals surface area contributed by atoms with Crippen molar-refractivity contribution in [2.24, 2.45) is 0 Å². The van der Waals surface area contributed by atoms with Crippen LogP contribution in [0.4, 0.5) is 0 Å². The van der Waals surface area contributed by atoms with Crippen molar-refractivity contribution < 1.29 is 14.3 Å². The minimum Gasteiger partial charge on any atom is -0.484 e. The maximum atomic E-state index is 11.8. The Labute approximate surface area is 152 Å². The summed E-state index contributed by atoms with van der Waals surface area (Å²) in [6.07, 6.45) is 0. The Morgan fingerprint density at radius 3 is 2.12 bits per heavy atom. The molecule has 2 amide bonds. The molecule has 0 aliphatic rings. The van der Waals surface area contributed by atoms with Gasteiger partial charge in [0.05, 0.1) is 5.75 Å². The van der Waals surface area contributed by atoms with E-state index in [1.54, 1.807) is 0 Å². The molecular weight excluding hydrogens is 336 g/mol. The molecule has 0 spiro atoms. The van der Waals surface area contributed by atoms with Gasteiger partial charge in [0.1, 0.15) is 5.75 Å². The van der Waals surface area contributed by atoms with E-state index in [1.807, 2.05) is 63.2 Å². The van der Waals surface area contributed by atoms with E-state index >= 15 is 0 Å². The van der Waals surface area contributed by atoms with Crippen LogP contribution in [0.25, 0.3) is 0 Å². The van der Waals surface area contributed by atoms with Crippen molar-refractivity contribution >= 4 is 23.6 Å². The second kappa shape index (κ2) is 9.13. The van der Waals surface area contributed by atoms with E-state index in [1.165, 1.54) is 17.3 Å². The van der Waals surface area contributed by atoms with E-state index in [2.05, 4.69) is 10.9 Å². The van der Waals surface area contributed by atoms with Gasteiger partial charge in [-0.05, 0) is 56.2 Å². The van der Waals surface area contributed by atoms with Gasteiger partial charge in [-0.1, -0.05) is 23.8 Å². The summed E-state index contributed by atoms with van der Waals surface area (Å²) in [6.45, 7) is 5.78. The van der Waals surface area contributed by atoms with E-state index < -0.39 is 5.91 Å². The monoisotopic (exact) mass is 358 g/mol. The minimum atomic E-state index is -0.409. The van der Waals surface area contributed by atoms with Gasteiger partial charge in [0.2, 0.25) is 5.91 Å². The fraction of sp³-hybridized carbons (Fsp3) is 0.263. The standard InChI is InChI=1S/C19H22N2O3S/c1-13-4-6-17(7-5-13)25-12-19(23)21-20-18(22)11-24-16-9-14(2)8-15(3)10-16/h4-10H,11-12H2,1-3H3,(H,20,22)(H,21,23). The molecule has 0 saturated heterocycles. The zero-order chi connectivity index (χ0) is 18.2. The fourth-order valence-electron chi connectivity index (χ4n) is 2.16. The molecule has 2 rings (SSSR count). The number of amides is 2. The SMILES string of the molecule is Cc1ccc(SCC(=O)NNC(=O)COc2cc(C)cc(C)c2)cc1. The lowest BCUT2D eigenvalue weighted by Crippen LogP contribution is -2.44. The molecule has 0 radical (unpaired) electrons. The number of benzene rings is 2. The van der Waals surface area contributed by atoms with Gasteiger partial charge >= 0.3 is 0 Å². The zero-order valence-corrected chi connectivity index (χ0v) is 15.4. The van der Waals surface area contributed by atoms with Crippen molar-refractivity contribution in [3.63, 3.8) is 0 Å². The average molecular weight is 358 g/mol.